The predicted octanol–water partition coefficient (Wildman–Crippen LogP) is 1.23. The maximum Gasteiger partial charge on any atom is 0.147 e. The molecule has 0 aromatic heterocycles. The molecule has 2 nitrogen and oxygen atoms in total. The van der Waals surface area contributed by atoms with Gasteiger partial charge in [0, 0.05) is 0 Å². The molecule has 72 valence electrons. The molecule has 13 heavy (non-hydrogen) atoms. The summed E-state index contributed by atoms with van der Waals surface area (Å²) >= 11 is 0. The monoisotopic (exact) mass is 188 g/mol. The fourth-order valence-electron chi connectivity index (χ4n) is 2.34. The van der Waals surface area contributed by atoms with Gasteiger partial charge in [-0.15, -0.1) is 0 Å². The van der Waals surface area contributed by atoms with Gasteiger partial charge in [0.1, 0.15) is 23.9 Å². The van der Waals surface area contributed by atoms with Gasteiger partial charge in [-0.05, 0) is 12.8 Å². The minimum atomic E-state index is -1.31. The van der Waals surface area contributed by atoms with Gasteiger partial charge in [0.2, 0.25) is 0 Å². The first-order valence-corrected chi connectivity index (χ1v) is 4.45. The van der Waals surface area contributed by atoms with Crippen molar-refractivity contribution < 1.29 is 18.4 Å². The molecule has 0 spiro atoms. The Kier molecular flexibility index (Phi) is 1.93. The molecule has 0 saturated heterocycles. The molecule has 2 aliphatic carbocycles. The lowest BCUT2D eigenvalue weighted by Gasteiger charge is -2.29. The second kappa shape index (κ2) is 2.86. The summed E-state index contributed by atoms with van der Waals surface area (Å²) in [6.45, 7) is 0. The van der Waals surface area contributed by atoms with Crippen LogP contribution in [0.25, 0.3) is 0 Å². The molecule has 0 aromatic rings. The number of hydrogen-bond acceptors (Lipinski definition) is 2. The topological polar surface area (TPSA) is 34.1 Å². The fourth-order valence-corrected chi connectivity index (χ4v) is 2.34. The van der Waals surface area contributed by atoms with E-state index in [9.17, 15) is 18.4 Å². The fraction of sp³-hybridized carbons (Fsp3) is 0.778. The molecule has 4 atom stereocenters. The van der Waals surface area contributed by atoms with Gasteiger partial charge in [-0.3, -0.25) is 9.59 Å². The Morgan fingerprint density at radius 1 is 0.923 bits per heavy atom. The van der Waals surface area contributed by atoms with Crippen LogP contribution in [0.3, 0.4) is 0 Å². The number of ketones is 2. The number of fused-ring (bicyclic) bond motifs is 1. The third-order valence-electron chi connectivity index (χ3n) is 2.98. The van der Waals surface area contributed by atoms with Crippen molar-refractivity contribution in [3.05, 3.63) is 0 Å². The van der Waals surface area contributed by atoms with Crippen molar-refractivity contribution in [2.75, 3.05) is 0 Å². The van der Waals surface area contributed by atoms with Crippen molar-refractivity contribution >= 4 is 11.6 Å². The van der Waals surface area contributed by atoms with E-state index in [1.54, 1.807) is 0 Å². The van der Waals surface area contributed by atoms with E-state index in [0.29, 0.717) is 0 Å². The van der Waals surface area contributed by atoms with Gasteiger partial charge in [0.05, 0.1) is 18.3 Å². The number of alkyl halides is 2. The van der Waals surface area contributed by atoms with E-state index in [4.69, 9.17) is 0 Å². The highest BCUT2D eigenvalue weighted by Gasteiger charge is 2.52. The molecule has 0 aliphatic heterocycles. The molecule has 0 bridgehead atoms. The normalized spacial score (nSPS) is 45.1. The molecule has 4 unspecified atom stereocenters. The first-order valence-electron chi connectivity index (χ1n) is 4.45. The standard InChI is InChI=1S/C9H10F2O2/c10-4-1-2-5(11)9-7(13)3-6(12)8(4)9/h4-5,8-9H,1-3H2. The van der Waals surface area contributed by atoms with Crippen molar-refractivity contribution in [2.24, 2.45) is 11.8 Å². The predicted molar refractivity (Wildman–Crippen MR) is 40.6 cm³/mol. The lowest BCUT2D eigenvalue weighted by molar-refractivity contribution is -0.126. The molecule has 2 fully saturated rings. The number of carbonyl (C=O) groups is 2. The highest BCUT2D eigenvalue weighted by Crippen LogP contribution is 2.41. The first-order chi connectivity index (χ1) is 6.11. The van der Waals surface area contributed by atoms with Crippen LogP contribution in [0.5, 0.6) is 0 Å². The number of Topliss-reactive ketones (excluding diaryl/α,β-unsaturated/α-hetero) is 2. The summed E-state index contributed by atoms with van der Waals surface area (Å²) in [4.78, 5) is 22.3. The van der Waals surface area contributed by atoms with Crippen LogP contribution in [0.2, 0.25) is 0 Å². The van der Waals surface area contributed by atoms with E-state index in [1.807, 2.05) is 0 Å². The average Bonchev–Trinajstić information content (AvgIpc) is 2.36. The molecule has 0 amide bonds. The lowest BCUT2D eigenvalue weighted by Crippen LogP contribution is -2.38. The minimum Gasteiger partial charge on any atom is -0.299 e. The zero-order valence-electron chi connectivity index (χ0n) is 7.00. The maximum absolute atomic E-state index is 13.2. The Morgan fingerprint density at radius 2 is 1.31 bits per heavy atom. The Labute approximate surface area is 74.3 Å². The van der Waals surface area contributed by atoms with Crippen LogP contribution in [0, 0.1) is 11.8 Å². The van der Waals surface area contributed by atoms with Gasteiger partial charge in [0.15, 0.2) is 0 Å². The molecule has 0 radical (unpaired) electrons. The van der Waals surface area contributed by atoms with Crippen LogP contribution in [0.4, 0.5) is 8.78 Å². The smallest absolute Gasteiger partial charge is 0.147 e. The van der Waals surface area contributed by atoms with Crippen molar-refractivity contribution in [3.63, 3.8) is 0 Å². The molecule has 0 heterocycles. The van der Waals surface area contributed by atoms with E-state index in [2.05, 4.69) is 0 Å². The molecular formula is C9H10F2O2. The summed E-state index contributed by atoms with van der Waals surface area (Å²) in [7, 11) is 0. The molecule has 2 aliphatic rings. The van der Waals surface area contributed by atoms with E-state index in [-0.39, 0.29) is 19.3 Å². The highest BCUT2D eigenvalue weighted by molar-refractivity contribution is 6.09. The average molecular weight is 188 g/mol. The minimum absolute atomic E-state index is 0.0708. The van der Waals surface area contributed by atoms with Crippen molar-refractivity contribution in [1.29, 1.82) is 0 Å². The van der Waals surface area contributed by atoms with Gasteiger partial charge in [-0.2, -0.15) is 0 Å². The summed E-state index contributed by atoms with van der Waals surface area (Å²) in [5.41, 5.74) is 0. The summed E-state index contributed by atoms with van der Waals surface area (Å²) in [5.74, 6) is -2.78. The first kappa shape index (κ1) is 8.78. The zero-order chi connectivity index (χ0) is 9.59. The van der Waals surface area contributed by atoms with Crippen LogP contribution in [-0.2, 0) is 9.59 Å². The van der Waals surface area contributed by atoms with Crippen LogP contribution >= 0.6 is 0 Å². The third kappa shape index (κ3) is 1.19. The van der Waals surface area contributed by atoms with E-state index in [1.165, 1.54) is 0 Å². The van der Waals surface area contributed by atoms with Crippen molar-refractivity contribution in [2.45, 2.75) is 31.6 Å². The van der Waals surface area contributed by atoms with Crippen molar-refractivity contribution in [1.82, 2.24) is 0 Å². The second-order valence-corrected chi connectivity index (χ2v) is 3.77. The third-order valence-corrected chi connectivity index (χ3v) is 2.98. The van der Waals surface area contributed by atoms with E-state index >= 15 is 0 Å². The van der Waals surface area contributed by atoms with Gasteiger partial charge in [-0.1, -0.05) is 0 Å². The van der Waals surface area contributed by atoms with E-state index < -0.39 is 35.7 Å². The van der Waals surface area contributed by atoms with Crippen LogP contribution in [0.1, 0.15) is 19.3 Å². The lowest BCUT2D eigenvalue weighted by atomic mass is 9.78. The molecule has 0 N–H and O–H groups in total. The maximum atomic E-state index is 13.2. The SMILES string of the molecule is O=C1CC(=O)C2C(F)CCC(F)C12. The molecule has 0 aromatic carbocycles. The second-order valence-electron chi connectivity index (χ2n) is 3.77. The van der Waals surface area contributed by atoms with E-state index in [0.717, 1.165) is 0 Å². The Morgan fingerprint density at radius 3 is 1.69 bits per heavy atom. The van der Waals surface area contributed by atoms with Crippen LogP contribution in [0.15, 0.2) is 0 Å². The zero-order valence-corrected chi connectivity index (χ0v) is 7.00. The largest absolute Gasteiger partial charge is 0.299 e. The quantitative estimate of drug-likeness (QED) is 0.536. The Bertz CT molecular complexity index is 238. The highest BCUT2D eigenvalue weighted by atomic mass is 19.1. The Hall–Kier alpha value is -0.800. The van der Waals surface area contributed by atoms with Gasteiger partial charge >= 0.3 is 0 Å². The number of hydrogen-bond donors (Lipinski definition) is 0. The van der Waals surface area contributed by atoms with Gasteiger partial charge in [-0.25, -0.2) is 8.78 Å². The number of halogens is 2. The summed E-state index contributed by atoms with van der Waals surface area (Å²) in [6, 6.07) is 0. The summed E-state index contributed by atoms with van der Waals surface area (Å²) in [6.07, 6.45) is -2.74. The van der Waals surface area contributed by atoms with Crippen LogP contribution < -0.4 is 0 Å². The van der Waals surface area contributed by atoms with Crippen LogP contribution in [-0.4, -0.2) is 23.9 Å². The summed E-state index contributed by atoms with van der Waals surface area (Å²) < 4.78 is 26.4. The molecular weight excluding hydrogens is 178 g/mol. The number of carbonyl (C=O) groups excluding carboxylic acids is 2. The summed E-state index contributed by atoms with van der Waals surface area (Å²) in [5, 5.41) is 0. The molecule has 4 heteroatoms. The van der Waals surface area contributed by atoms with Crippen molar-refractivity contribution in [3.8, 4) is 0 Å². The molecule has 2 rings (SSSR count). The Balaban J connectivity index is 2.29. The van der Waals surface area contributed by atoms with Gasteiger partial charge in [0.25, 0.3) is 0 Å². The molecule has 2 saturated carbocycles. The number of rotatable bonds is 0. The van der Waals surface area contributed by atoms with Gasteiger partial charge < -0.3 is 0 Å².